The molecular formula is C16H20N2O. The monoisotopic (exact) mass is 256 g/mol. The second-order valence-corrected chi connectivity index (χ2v) is 5.31. The molecule has 3 heteroatoms. The van der Waals surface area contributed by atoms with Crippen LogP contribution in [0, 0.1) is 0 Å². The van der Waals surface area contributed by atoms with Gasteiger partial charge in [-0.15, -0.1) is 0 Å². The number of rotatable bonds is 3. The molecule has 1 heterocycles. The fraction of sp³-hybridized carbons (Fsp3) is 0.438. The number of aryl methyl sites for hydroxylation is 2. The molecule has 100 valence electrons. The van der Waals surface area contributed by atoms with E-state index in [0.717, 1.165) is 13.1 Å². The van der Waals surface area contributed by atoms with Crippen LogP contribution < -0.4 is 5.69 Å². The van der Waals surface area contributed by atoms with Gasteiger partial charge in [-0.2, -0.15) is 0 Å². The highest BCUT2D eigenvalue weighted by Crippen LogP contribution is 2.32. The Kier molecular flexibility index (Phi) is 3.28. The van der Waals surface area contributed by atoms with Crippen LogP contribution in [-0.2, 0) is 19.5 Å². The Hall–Kier alpha value is -1.77. The molecule has 0 fully saturated rings. The van der Waals surface area contributed by atoms with Gasteiger partial charge in [0.05, 0.1) is 0 Å². The van der Waals surface area contributed by atoms with Crippen LogP contribution in [0.15, 0.2) is 41.5 Å². The fourth-order valence-electron chi connectivity index (χ4n) is 3.11. The summed E-state index contributed by atoms with van der Waals surface area (Å²) in [6.45, 7) is 3.55. The molecule has 2 aromatic rings. The van der Waals surface area contributed by atoms with Crippen LogP contribution in [0.3, 0.4) is 0 Å². The molecule has 1 unspecified atom stereocenters. The van der Waals surface area contributed by atoms with Gasteiger partial charge in [-0.05, 0) is 37.3 Å². The van der Waals surface area contributed by atoms with Gasteiger partial charge in [0, 0.05) is 31.4 Å². The van der Waals surface area contributed by atoms with Crippen LogP contribution in [0.1, 0.15) is 36.8 Å². The van der Waals surface area contributed by atoms with Crippen LogP contribution in [0.25, 0.3) is 0 Å². The van der Waals surface area contributed by atoms with Crippen molar-refractivity contribution in [3.05, 3.63) is 58.3 Å². The number of aromatic nitrogens is 2. The average molecular weight is 256 g/mol. The van der Waals surface area contributed by atoms with Gasteiger partial charge >= 0.3 is 5.69 Å². The molecule has 3 rings (SSSR count). The minimum absolute atomic E-state index is 0.116. The number of benzene rings is 1. The molecule has 0 bridgehead atoms. The summed E-state index contributed by atoms with van der Waals surface area (Å²) < 4.78 is 3.62. The molecule has 1 aromatic heterocycles. The van der Waals surface area contributed by atoms with Crippen molar-refractivity contribution in [2.24, 2.45) is 0 Å². The topological polar surface area (TPSA) is 26.9 Å². The van der Waals surface area contributed by atoms with E-state index in [2.05, 4.69) is 24.3 Å². The van der Waals surface area contributed by atoms with Crippen LogP contribution in [-0.4, -0.2) is 9.13 Å². The molecule has 1 atom stereocenters. The summed E-state index contributed by atoms with van der Waals surface area (Å²) in [6, 6.07) is 8.67. The molecule has 0 radical (unpaired) electrons. The smallest absolute Gasteiger partial charge is 0.300 e. The van der Waals surface area contributed by atoms with Gasteiger partial charge in [0.1, 0.15) is 0 Å². The lowest BCUT2D eigenvalue weighted by molar-refractivity contribution is 0.471. The molecule has 1 aromatic carbocycles. The maximum absolute atomic E-state index is 12.1. The zero-order valence-electron chi connectivity index (χ0n) is 11.4. The molecule has 0 amide bonds. The summed E-state index contributed by atoms with van der Waals surface area (Å²) in [5.41, 5.74) is 3.01. The zero-order valence-corrected chi connectivity index (χ0v) is 11.4. The molecule has 0 aliphatic heterocycles. The molecule has 1 aliphatic carbocycles. The van der Waals surface area contributed by atoms with E-state index in [1.807, 2.05) is 23.9 Å². The first-order valence-corrected chi connectivity index (χ1v) is 7.13. The van der Waals surface area contributed by atoms with Crippen molar-refractivity contribution < 1.29 is 0 Å². The lowest BCUT2D eigenvalue weighted by Crippen LogP contribution is -2.26. The molecule has 3 nitrogen and oxygen atoms in total. The predicted molar refractivity (Wildman–Crippen MR) is 76.5 cm³/mol. The SMILES string of the molecule is CCn1ccn(CC2CCCc3ccccc32)c1=O. The molecule has 0 saturated carbocycles. The minimum Gasteiger partial charge on any atom is -0.300 e. The van der Waals surface area contributed by atoms with Gasteiger partial charge in [0.25, 0.3) is 0 Å². The third kappa shape index (κ3) is 2.25. The molecule has 0 N–H and O–H groups in total. The number of nitrogens with zero attached hydrogens (tertiary/aromatic N) is 2. The van der Waals surface area contributed by atoms with Crippen LogP contribution >= 0.6 is 0 Å². The summed E-state index contributed by atoms with van der Waals surface area (Å²) >= 11 is 0. The van der Waals surface area contributed by atoms with E-state index < -0.39 is 0 Å². The summed E-state index contributed by atoms with van der Waals surface area (Å²) in [7, 11) is 0. The second kappa shape index (κ2) is 5.08. The fourth-order valence-corrected chi connectivity index (χ4v) is 3.11. The Balaban J connectivity index is 1.88. The Labute approximate surface area is 113 Å². The van der Waals surface area contributed by atoms with Crippen molar-refractivity contribution in [1.29, 1.82) is 0 Å². The molecule has 19 heavy (non-hydrogen) atoms. The number of hydrogen-bond acceptors (Lipinski definition) is 1. The quantitative estimate of drug-likeness (QED) is 0.829. The van der Waals surface area contributed by atoms with Crippen LogP contribution in [0.5, 0.6) is 0 Å². The van der Waals surface area contributed by atoms with Gasteiger partial charge in [-0.3, -0.25) is 9.13 Å². The van der Waals surface area contributed by atoms with Crippen LogP contribution in [0.2, 0.25) is 0 Å². The van der Waals surface area contributed by atoms with E-state index >= 15 is 0 Å². The molecular weight excluding hydrogens is 236 g/mol. The van der Waals surface area contributed by atoms with E-state index in [-0.39, 0.29) is 5.69 Å². The van der Waals surface area contributed by atoms with Crippen molar-refractivity contribution in [2.45, 2.75) is 45.2 Å². The maximum Gasteiger partial charge on any atom is 0.328 e. The van der Waals surface area contributed by atoms with Gasteiger partial charge in [-0.1, -0.05) is 24.3 Å². The van der Waals surface area contributed by atoms with Gasteiger partial charge in [0.2, 0.25) is 0 Å². The Bertz CT molecular complexity index is 624. The summed E-state index contributed by atoms with van der Waals surface area (Å²) in [6.07, 6.45) is 7.39. The van der Waals surface area contributed by atoms with Gasteiger partial charge in [0.15, 0.2) is 0 Å². The highest BCUT2D eigenvalue weighted by Gasteiger charge is 2.20. The lowest BCUT2D eigenvalue weighted by atomic mass is 9.83. The number of hydrogen-bond donors (Lipinski definition) is 0. The summed E-state index contributed by atoms with van der Waals surface area (Å²) in [5, 5.41) is 0. The zero-order chi connectivity index (χ0) is 13.2. The van der Waals surface area contributed by atoms with Crippen LogP contribution in [0.4, 0.5) is 0 Å². The highest BCUT2D eigenvalue weighted by atomic mass is 16.1. The molecule has 1 aliphatic rings. The Morgan fingerprint density at radius 2 is 2.00 bits per heavy atom. The normalized spacial score (nSPS) is 18.3. The number of imidazole rings is 1. The molecule has 0 saturated heterocycles. The predicted octanol–water partition coefficient (Wildman–Crippen LogP) is 2.79. The first-order valence-electron chi connectivity index (χ1n) is 7.13. The second-order valence-electron chi connectivity index (χ2n) is 5.31. The maximum atomic E-state index is 12.1. The first kappa shape index (κ1) is 12.3. The van der Waals surface area contributed by atoms with Crippen molar-refractivity contribution in [3.8, 4) is 0 Å². The van der Waals surface area contributed by atoms with Crippen molar-refractivity contribution >= 4 is 0 Å². The van der Waals surface area contributed by atoms with E-state index in [0.29, 0.717) is 5.92 Å². The summed E-state index contributed by atoms with van der Waals surface area (Å²) in [5.74, 6) is 0.482. The Morgan fingerprint density at radius 1 is 1.21 bits per heavy atom. The van der Waals surface area contributed by atoms with Gasteiger partial charge in [-0.25, -0.2) is 4.79 Å². The van der Waals surface area contributed by atoms with E-state index in [1.54, 1.807) is 4.57 Å². The van der Waals surface area contributed by atoms with Gasteiger partial charge < -0.3 is 0 Å². The number of fused-ring (bicyclic) bond motifs is 1. The van der Waals surface area contributed by atoms with E-state index in [9.17, 15) is 4.79 Å². The average Bonchev–Trinajstić information content (AvgIpc) is 2.80. The van der Waals surface area contributed by atoms with E-state index in [1.165, 1.54) is 30.4 Å². The standard InChI is InChI=1S/C16H20N2O/c1-2-17-10-11-18(16(17)19)12-14-8-5-7-13-6-3-4-9-15(13)14/h3-4,6,9-11,14H,2,5,7-8,12H2,1H3. The Morgan fingerprint density at radius 3 is 2.79 bits per heavy atom. The van der Waals surface area contributed by atoms with Crippen molar-refractivity contribution in [2.75, 3.05) is 0 Å². The third-order valence-corrected chi connectivity index (χ3v) is 4.17. The summed E-state index contributed by atoms with van der Waals surface area (Å²) in [4.78, 5) is 12.1. The minimum atomic E-state index is 0.116. The first-order chi connectivity index (χ1) is 9.29. The lowest BCUT2D eigenvalue weighted by Gasteiger charge is -2.25. The van der Waals surface area contributed by atoms with E-state index in [4.69, 9.17) is 0 Å². The highest BCUT2D eigenvalue weighted by molar-refractivity contribution is 5.32. The van der Waals surface area contributed by atoms with Crippen molar-refractivity contribution in [1.82, 2.24) is 9.13 Å². The van der Waals surface area contributed by atoms with Crippen molar-refractivity contribution in [3.63, 3.8) is 0 Å². The third-order valence-electron chi connectivity index (χ3n) is 4.17. The molecule has 0 spiro atoms. The largest absolute Gasteiger partial charge is 0.328 e.